The van der Waals surface area contributed by atoms with E-state index >= 15 is 0 Å². The van der Waals surface area contributed by atoms with E-state index < -0.39 is 52.7 Å². The van der Waals surface area contributed by atoms with Crippen molar-refractivity contribution < 1.29 is 52.0 Å². The van der Waals surface area contributed by atoms with Crippen molar-refractivity contribution in [1.29, 1.82) is 0 Å². The quantitative estimate of drug-likeness (QED) is 0.625. The summed E-state index contributed by atoms with van der Waals surface area (Å²) in [5.41, 5.74) is -0.988. The highest BCUT2D eigenvalue weighted by atomic mass is 19.4. The number of allylic oxidation sites excluding steroid dienone is 2. The summed E-state index contributed by atoms with van der Waals surface area (Å²) in [6, 6.07) is 8.78. The Kier molecular flexibility index (Phi) is 5.84. The van der Waals surface area contributed by atoms with Crippen LogP contribution in [0.4, 0.5) is 13.2 Å². The smallest absolute Gasteiger partial charge is 0.456 e. The number of benzene rings is 2. The minimum Gasteiger partial charge on any atom is -0.504 e. The third-order valence-electron chi connectivity index (χ3n) is 5.94. The Morgan fingerprint density at radius 3 is 2.31 bits per heavy atom. The van der Waals surface area contributed by atoms with E-state index in [1.54, 1.807) is 0 Å². The van der Waals surface area contributed by atoms with Gasteiger partial charge in [0.15, 0.2) is 23.0 Å². The topological polar surface area (TPSA) is 119 Å². The molecule has 11 heteroatoms. The Balaban J connectivity index is 2.07. The Morgan fingerprint density at radius 1 is 1.11 bits per heavy atom. The number of aliphatic hydroxyl groups is 1. The minimum atomic E-state index is -5.58. The van der Waals surface area contributed by atoms with Crippen molar-refractivity contribution in [2.45, 2.75) is 24.8 Å². The molecule has 0 bridgehead atoms. The van der Waals surface area contributed by atoms with Gasteiger partial charge in [0, 0.05) is 17.0 Å². The first-order chi connectivity index (χ1) is 16.5. The largest absolute Gasteiger partial charge is 0.504 e. The second-order valence-electron chi connectivity index (χ2n) is 7.88. The standard InChI is InChI=1S/C24H19F3O8/c1-3-34-22(31)18-16(11-8-9-14(28)15(10-11)33-2)17-19(29)12-6-4-5-7-13(12)20(30)21(17)35-23(18,32)24(25,26)27/h4-10,16,18,28,32H,3H2,1-2H3/t16-,18-,23+/m1/s1. The maximum Gasteiger partial charge on any atom is 0.456 e. The molecule has 8 nitrogen and oxygen atoms in total. The summed E-state index contributed by atoms with van der Waals surface area (Å²) in [5.74, 6) is -13.6. The summed E-state index contributed by atoms with van der Waals surface area (Å²) in [4.78, 5) is 39.6. The number of halogens is 3. The predicted octanol–water partition coefficient (Wildman–Crippen LogP) is 3.28. The molecule has 2 aromatic rings. The average Bonchev–Trinajstić information content (AvgIpc) is 2.81. The van der Waals surface area contributed by atoms with Crippen molar-refractivity contribution in [1.82, 2.24) is 0 Å². The fraction of sp³-hybridized carbons (Fsp3) is 0.292. The molecule has 0 saturated heterocycles. The van der Waals surface area contributed by atoms with E-state index in [0.29, 0.717) is 0 Å². The molecular weight excluding hydrogens is 473 g/mol. The second-order valence-corrected chi connectivity index (χ2v) is 7.88. The molecule has 2 aliphatic rings. The number of phenolic OH excluding ortho intramolecular Hbond substituents is 1. The first kappa shape index (κ1) is 24.3. The summed E-state index contributed by atoms with van der Waals surface area (Å²) >= 11 is 0. The predicted molar refractivity (Wildman–Crippen MR) is 112 cm³/mol. The molecular formula is C24H19F3O8. The number of aromatic hydroxyl groups is 1. The average molecular weight is 492 g/mol. The normalized spacial score (nSPS) is 23.8. The van der Waals surface area contributed by atoms with Crippen LogP contribution in [0.1, 0.15) is 39.1 Å². The summed E-state index contributed by atoms with van der Waals surface area (Å²) in [6.45, 7) is 1.01. The third-order valence-corrected chi connectivity index (χ3v) is 5.94. The van der Waals surface area contributed by atoms with Crippen molar-refractivity contribution in [2.75, 3.05) is 13.7 Å². The molecule has 4 rings (SSSR count). The number of rotatable bonds is 4. The molecule has 0 aromatic heterocycles. The van der Waals surface area contributed by atoms with Crippen LogP contribution in [-0.2, 0) is 14.3 Å². The lowest BCUT2D eigenvalue weighted by Gasteiger charge is -2.45. The molecule has 2 aromatic carbocycles. The Morgan fingerprint density at radius 2 is 1.74 bits per heavy atom. The van der Waals surface area contributed by atoms with Gasteiger partial charge in [-0.25, -0.2) is 0 Å². The van der Waals surface area contributed by atoms with Crippen molar-refractivity contribution in [3.05, 3.63) is 70.5 Å². The minimum absolute atomic E-state index is 0.101. The van der Waals surface area contributed by atoms with Gasteiger partial charge in [0.05, 0.1) is 19.3 Å². The van der Waals surface area contributed by atoms with Crippen molar-refractivity contribution in [3.63, 3.8) is 0 Å². The van der Waals surface area contributed by atoms with E-state index in [0.717, 1.165) is 18.2 Å². The third kappa shape index (κ3) is 3.63. The van der Waals surface area contributed by atoms with E-state index in [4.69, 9.17) is 14.2 Å². The zero-order chi connectivity index (χ0) is 25.7. The Hall–Kier alpha value is -3.86. The fourth-order valence-corrected chi connectivity index (χ4v) is 4.38. The zero-order valence-electron chi connectivity index (χ0n) is 18.4. The molecule has 0 spiro atoms. The van der Waals surface area contributed by atoms with Gasteiger partial charge < -0.3 is 24.4 Å². The molecule has 1 aliphatic carbocycles. The number of hydrogen-bond donors (Lipinski definition) is 2. The SMILES string of the molecule is CCOC(=O)[C@H]1[C@H](c2ccc(O)c(OC)c2)C2=C(O[C@]1(O)C(F)(F)F)C(=O)c1ccccc1C2=O. The number of alkyl halides is 3. The molecule has 3 atom stereocenters. The van der Waals surface area contributed by atoms with Crippen LogP contribution >= 0.6 is 0 Å². The van der Waals surface area contributed by atoms with Crippen LogP contribution in [0.15, 0.2) is 53.8 Å². The van der Waals surface area contributed by atoms with Gasteiger partial charge in [0.2, 0.25) is 5.78 Å². The lowest BCUT2D eigenvalue weighted by molar-refractivity contribution is -0.375. The molecule has 0 amide bonds. The van der Waals surface area contributed by atoms with Crippen molar-refractivity contribution in [3.8, 4) is 11.5 Å². The molecule has 1 aliphatic heterocycles. The van der Waals surface area contributed by atoms with Gasteiger partial charge in [-0.15, -0.1) is 0 Å². The van der Waals surface area contributed by atoms with E-state index in [-0.39, 0.29) is 34.8 Å². The first-order valence-electron chi connectivity index (χ1n) is 10.4. The Labute approximate surface area is 196 Å². The number of phenols is 1. The van der Waals surface area contributed by atoms with E-state index in [2.05, 4.69) is 0 Å². The van der Waals surface area contributed by atoms with Crippen molar-refractivity contribution in [2.24, 2.45) is 5.92 Å². The van der Waals surface area contributed by atoms with Gasteiger partial charge in [-0.3, -0.25) is 14.4 Å². The van der Waals surface area contributed by atoms with Crippen LogP contribution in [0, 0.1) is 5.92 Å². The molecule has 1 heterocycles. The molecule has 0 saturated carbocycles. The highest BCUT2D eigenvalue weighted by Crippen LogP contribution is 2.54. The number of esters is 1. The molecule has 2 N–H and O–H groups in total. The lowest BCUT2D eigenvalue weighted by atomic mass is 9.69. The monoisotopic (exact) mass is 492 g/mol. The van der Waals surface area contributed by atoms with E-state index in [1.165, 1.54) is 38.3 Å². The number of ketones is 2. The molecule has 0 radical (unpaired) electrons. The molecule has 0 fully saturated rings. The fourth-order valence-electron chi connectivity index (χ4n) is 4.38. The molecule has 184 valence electrons. The van der Waals surface area contributed by atoms with Gasteiger partial charge in [0.1, 0.15) is 5.92 Å². The van der Waals surface area contributed by atoms with Gasteiger partial charge in [-0.05, 0) is 24.6 Å². The van der Waals surface area contributed by atoms with Crippen LogP contribution in [0.2, 0.25) is 0 Å². The number of fused-ring (bicyclic) bond motifs is 1. The number of ether oxygens (including phenoxy) is 3. The van der Waals surface area contributed by atoms with Crippen molar-refractivity contribution >= 4 is 17.5 Å². The first-order valence-corrected chi connectivity index (χ1v) is 10.4. The Bertz CT molecular complexity index is 1270. The van der Waals surface area contributed by atoms with Gasteiger partial charge in [0.25, 0.3) is 0 Å². The van der Waals surface area contributed by atoms with E-state index in [9.17, 15) is 37.8 Å². The number of Topliss-reactive ketones (excluding diaryl/α,β-unsaturated/α-hetero) is 2. The maximum atomic E-state index is 14.3. The van der Waals surface area contributed by atoms with Crippen LogP contribution in [0.5, 0.6) is 11.5 Å². The van der Waals surface area contributed by atoms with Gasteiger partial charge in [-0.1, -0.05) is 30.3 Å². The van der Waals surface area contributed by atoms with E-state index in [1.807, 2.05) is 0 Å². The number of methoxy groups -OCH3 is 1. The summed E-state index contributed by atoms with van der Waals surface area (Å²) in [6.07, 6.45) is -5.58. The van der Waals surface area contributed by atoms with Crippen LogP contribution < -0.4 is 4.74 Å². The molecule has 0 unspecified atom stereocenters. The highest BCUT2D eigenvalue weighted by molar-refractivity contribution is 6.27. The molecule has 35 heavy (non-hydrogen) atoms. The number of hydrogen-bond acceptors (Lipinski definition) is 8. The van der Waals surface area contributed by atoms with Gasteiger partial charge in [-0.2, -0.15) is 13.2 Å². The highest BCUT2D eigenvalue weighted by Gasteiger charge is 2.70. The van der Waals surface area contributed by atoms with Crippen LogP contribution in [0.3, 0.4) is 0 Å². The number of carbonyl (C=O) groups excluding carboxylic acids is 3. The van der Waals surface area contributed by atoms with Crippen LogP contribution in [0.25, 0.3) is 0 Å². The zero-order valence-corrected chi connectivity index (χ0v) is 18.4. The van der Waals surface area contributed by atoms with Crippen LogP contribution in [-0.4, -0.2) is 53.4 Å². The summed E-state index contributed by atoms with van der Waals surface area (Å²) < 4.78 is 57.6. The summed E-state index contributed by atoms with van der Waals surface area (Å²) in [7, 11) is 1.19. The number of carbonyl (C=O) groups is 3. The maximum absolute atomic E-state index is 14.3. The lowest BCUT2D eigenvalue weighted by Crippen LogP contribution is -2.61. The summed E-state index contributed by atoms with van der Waals surface area (Å²) in [5, 5.41) is 20.8. The van der Waals surface area contributed by atoms with Gasteiger partial charge >= 0.3 is 17.9 Å². The second kappa shape index (κ2) is 8.42.